The number of anilines is 1. The van der Waals surface area contributed by atoms with Crippen molar-refractivity contribution in [1.29, 1.82) is 0 Å². The van der Waals surface area contributed by atoms with Crippen LogP contribution < -0.4 is 19.5 Å². The quantitative estimate of drug-likeness (QED) is 0.599. The molecule has 1 amide bonds. The first kappa shape index (κ1) is 21.5. The number of nitrogens with zero attached hydrogens (tertiary/aromatic N) is 2. The monoisotopic (exact) mass is 429 g/mol. The number of hydrogen-bond donors (Lipinski definition) is 1. The number of amides is 1. The van der Waals surface area contributed by atoms with Crippen molar-refractivity contribution in [2.24, 2.45) is 0 Å². The number of nitrogens with one attached hydrogen (secondary N) is 1. The van der Waals surface area contributed by atoms with E-state index in [1.807, 2.05) is 31.2 Å². The van der Waals surface area contributed by atoms with Gasteiger partial charge in [0.15, 0.2) is 11.5 Å². The van der Waals surface area contributed by atoms with Crippen LogP contribution >= 0.6 is 11.6 Å². The van der Waals surface area contributed by atoms with E-state index in [1.165, 1.54) is 21.3 Å². The number of carbonyl (C=O) groups excluding carboxylic acids is 1. The van der Waals surface area contributed by atoms with Crippen molar-refractivity contribution in [2.45, 2.75) is 20.4 Å². The Morgan fingerprint density at radius 3 is 2.27 bits per heavy atom. The fraction of sp³-hybridized carbons (Fsp3) is 0.273. The van der Waals surface area contributed by atoms with Crippen LogP contribution in [-0.4, -0.2) is 37.0 Å². The zero-order chi connectivity index (χ0) is 21.8. The number of aromatic nitrogens is 2. The highest BCUT2D eigenvalue weighted by Crippen LogP contribution is 2.40. The van der Waals surface area contributed by atoms with Gasteiger partial charge in [0.2, 0.25) is 5.75 Å². The average molecular weight is 430 g/mol. The summed E-state index contributed by atoms with van der Waals surface area (Å²) in [5.74, 6) is 1.09. The first-order chi connectivity index (χ1) is 14.4. The predicted octanol–water partition coefficient (Wildman–Crippen LogP) is 4.48. The lowest BCUT2D eigenvalue weighted by atomic mass is 10.1. The largest absolute Gasteiger partial charge is 0.493 e. The molecule has 3 rings (SSSR count). The second kappa shape index (κ2) is 9.09. The molecule has 0 saturated carbocycles. The Morgan fingerprint density at radius 1 is 1.07 bits per heavy atom. The number of carbonyl (C=O) groups is 1. The Hall–Kier alpha value is -3.19. The number of hydrogen-bond acceptors (Lipinski definition) is 5. The number of ether oxygens (including phenoxy) is 3. The van der Waals surface area contributed by atoms with Crippen molar-refractivity contribution in [3.63, 3.8) is 0 Å². The van der Waals surface area contributed by atoms with Gasteiger partial charge in [-0.2, -0.15) is 5.10 Å². The van der Waals surface area contributed by atoms with E-state index in [0.717, 1.165) is 11.3 Å². The van der Waals surface area contributed by atoms with Crippen molar-refractivity contribution >= 4 is 23.2 Å². The molecule has 0 aliphatic carbocycles. The van der Waals surface area contributed by atoms with Crippen molar-refractivity contribution in [2.75, 3.05) is 26.6 Å². The number of rotatable bonds is 7. The van der Waals surface area contributed by atoms with Crippen LogP contribution in [0.1, 0.15) is 27.3 Å². The molecule has 0 spiro atoms. The third-order valence-electron chi connectivity index (χ3n) is 4.81. The smallest absolute Gasteiger partial charge is 0.259 e. The summed E-state index contributed by atoms with van der Waals surface area (Å²) in [6.07, 6.45) is 0. The molecule has 1 heterocycles. The Labute approximate surface area is 180 Å². The van der Waals surface area contributed by atoms with E-state index in [9.17, 15) is 4.79 Å². The molecule has 30 heavy (non-hydrogen) atoms. The van der Waals surface area contributed by atoms with Gasteiger partial charge in [0.25, 0.3) is 5.91 Å². The van der Waals surface area contributed by atoms with Crippen molar-refractivity contribution in [3.8, 4) is 17.2 Å². The van der Waals surface area contributed by atoms with E-state index in [4.69, 9.17) is 25.8 Å². The summed E-state index contributed by atoms with van der Waals surface area (Å²) in [4.78, 5) is 13.0. The van der Waals surface area contributed by atoms with Crippen LogP contribution in [-0.2, 0) is 6.54 Å². The fourth-order valence-electron chi connectivity index (χ4n) is 3.31. The molecule has 0 aliphatic heterocycles. The molecule has 1 N–H and O–H groups in total. The van der Waals surface area contributed by atoms with Crippen LogP contribution in [0.25, 0.3) is 0 Å². The van der Waals surface area contributed by atoms with Gasteiger partial charge in [-0.3, -0.25) is 9.48 Å². The molecular formula is C22H24ClN3O4. The third-order valence-corrected chi connectivity index (χ3v) is 5.18. The van der Waals surface area contributed by atoms with E-state index >= 15 is 0 Å². The van der Waals surface area contributed by atoms with E-state index in [1.54, 1.807) is 23.7 Å². The van der Waals surface area contributed by atoms with Crippen LogP contribution in [0.3, 0.4) is 0 Å². The Kier molecular flexibility index (Phi) is 6.52. The summed E-state index contributed by atoms with van der Waals surface area (Å²) >= 11 is 6.27. The molecule has 0 saturated heterocycles. The lowest BCUT2D eigenvalue weighted by molar-refractivity contribution is 0.102. The molecule has 8 heteroatoms. The maximum absolute atomic E-state index is 13.0. The molecule has 158 valence electrons. The molecule has 0 radical (unpaired) electrons. The van der Waals surface area contributed by atoms with E-state index in [0.29, 0.717) is 45.8 Å². The van der Waals surface area contributed by atoms with Crippen molar-refractivity contribution in [3.05, 3.63) is 63.9 Å². The minimum absolute atomic E-state index is 0.273. The highest BCUT2D eigenvalue weighted by Gasteiger charge is 2.21. The van der Waals surface area contributed by atoms with Crippen LogP contribution in [0.5, 0.6) is 17.2 Å². The summed E-state index contributed by atoms with van der Waals surface area (Å²) in [5, 5.41) is 8.09. The van der Waals surface area contributed by atoms with Gasteiger partial charge in [0.1, 0.15) is 0 Å². The number of aryl methyl sites for hydroxylation is 1. The molecule has 0 atom stereocenters. The molecule has 0 bridgehead atoms. The van der Waals surface area contributed by atoms with Crippen LogP contribution in [0, 0.1) is 13.8 Å². The molecule has 3 aromatic rings. The first-order valence-electron chi connectivity index (χ1n) is 9.28. The average Bonchev–Trinajstić information content (AvgIpc) is 3.01. The van der Waals surface area contributed by atoms with Gasteiger partial charge in [-0.25, -0.2) is 0 Å². The van der Waals surface area contributed by atoms with Gasteiger partial charge in [-0.05, 0) is 25.5 Å². The van der Waals surface area contributed by atoms with Gasteiger partial charge < -0.3 is 19.5 Å². The van der Waals surface area contributed by atoms with Crippen molar-refractivity contribution < 1.29 is 19.0 Å². The standard InChI is InChI=1S/C22H24ClN3O4/c1-13-20(14(2)26(25-13)12-15-8-6-7-9-17(15)23)22(27)24-16-10-18(28-3)21(30-5)19(11-16)29-4/h6-11H,12H2,1-5H3,(H,24,27). The Bertz CT molecular complexity index is 1050. The minimum Gasteiger partial charge on any atom is -0.493 e. The number of methoxy groups -OCH3 is 3. The fourth-order valence-corrected chi connectivity index (χ4v) is 3.51. The zero-order valence-electron chi connectivity index (χ0n) is 17.6. The van der Waals surface area contributed by atoms with Gasteiger partial charge in [-0.15, -0.1) is 0 Å². The minimum atomic E-state index is -0.273. The summed E-state index contributed by atoms with van der Waals surface area (Å²) < 4.78 is 17.8. The number of benzene rings is 2. The van der Waals surface area contributed by atoms with E-state index in [2.05, 4.69) is 10.4 Å². The van der Waals surface area contributed by atoms with Gasteiger partial charge in [0.05, 0.1) is 39.1 Å². The van der Waals surface area contributed by atoms with Gasteiger partial charge in [0, 0.05) is 28.5 Å². The van der Waals surface area contributed by atoms with Crippen LogP contribution in [0.2, 0.25) is 5.02 Å². The van der Waals surface area contributed by atoms with E-state index in [-0.39, 0.29) is 5.91 Å². The highest BCUT2D eigenvalue weighted by atomic mass is 35.5. The number of halogens is 1. The molecule has 7 nitrogen and oxygen atoms in total. The SMILES string of the molecule is COc1cc(NC(=O)c2c(C)nn(Cc3ccccc3Cl)c2C)cc(OC)c1OC. The Morgan fingerprint density at radius 2 is 1.70 bits per heavy atom. The summed E-state index contributed by atoms with van der Waals surface area (Å²) in [6, 6.07) is 10.9. The topological polar surface area (TPSA) is 74.6 Å². The summed E-state index contributed by atoms with van der Waals surface area (Å²) in [5.41, 5.74) is 3.34. The molecule has 0 unspecified atom stereocenters. The summed E-state index contributed by atoms with van der Waals surface area (Å²) in [6.45, 7) is 4.14. The zero-order valence-corrected chi connectivity index (χ0v) is 18.3. The summed E-state index contributed by atoms with van der Waals surface area (Å²) in [7, 11) is 4.57. The maximum Gasteiger partial charge on any atom is 0.259 e. The van der Waals surface area contributed by atoms with Crippen LogP contribution in [0.4, 0.5) is 5.69 Å². The van der Waals surface area contributed by atoms with Crippen molar-refractivity contribution in [1.82, 2.24) is 9.78 Å². The second-order valence-electron chi connectivity index (χ2n) is 6.66. The normalized spacial score (nSPS) is 10.6. The lowest BCUT2D eigenvalue weighted by Gasteiger charge is -2.14. The Balaban J connectivity index is 1.89. The third kappa shape index (κ3) is 4.21. The van der Waals surface area contributed by atoms with E-state index < -0.39 is 0 Å². The molecule has 0 aliphatic rings. The molecule has 1 aromatic heterocycles. The van der Waals surface area contributed by atoms with Crippen LogP contribution in [0.15, 0.2) is 36.4 Å². The second-order valence-corrected chi connectivity index (χ2v) is 7.07. The van der Waals surface area contributed by atoms with Gasteiger partial charge in [-0.1, -0.05) is 29.8 Å². The predicted molar refractivity (Wildman–Crippen MR) is 116 cm³/mol. The molecular weight excluding hydrogens is 406 g/mol. The highest BCUT2D eigenvalue weighted by molar-refractivity contribution is 6.31. The molecule has 2 aromatic carbocycles. The molecule has 0 fully saturated rings. The van der Waals surface area contributed by atoms with Gasteiger partial charge >= 0.3 is 0 Å². The maximum atomic E-state index is 13.0. The first-order valence-corrected chi connectivity index (χ1v) is 9.66. The lowest BCUT2D eigenvalue weighted by Crippen LogP contribution is -2.15.